The van der Waals surface area contributed by atoms with Crippen LogP contribution in [0, 0.1) is 11.3 Å². The summed E-state index contributed by atoms with van der Waals surface area (Å²) in [7, 11) is 1.67. The van der Waals surface area contributed by atoms with Gasteiger partial charge in [0.15, 0.2) is 5.82 Å². The van der Waals surface area contributed by atoms with Gasteiger partial charge in [-0.2, -0.15) is 10.4 Å². The fourth-order valence-electron chi connectivity index (χ4n) is 1.24. The van der Waals surface area contributed by atoms with Crippen LogP contribution in [0.5, 0.6) is 0 Å². The van der Waals surface area contributed by atoms with Crippen molar-refractivity contribution in [2.75, 3.05) is 5.32 Å². The topological polar surface area (TPSA) is 83.9 Å². The number of carbonyl (C=O) groups is 1. The molecule has 0 aliphatic heterocycles. The zero-order chi connectivity index (χ0) is 11.5. The van der Waals surface area contributed by atoms with E-state index in [1.807, 2.05) is 6.07 Å². The summed E-state index contributed by atoms with van der Waals surface area (Å²) in [6.07, 6.45) is 4.26. The first-order valence-corrected chi connectivity index (χ1v) is 4.48. The SMILES string of the molecule is Cn1cc(C#N)c(NC(=O)c2ccoc2)n1. The van der Waals surface area contributed by atoms with Gasteiger partial charge >= 0.3 is 0 Å². The van der Waals surface area contributed by atoms with E-state index in [2.05, 4.69) is 10.4 Å². The lowest BCUT2D eigenvalue weighted by molar-refractivity contribution is 0.102. The normalized spacial score (nSPS) is 9.75. The van der Waals surface area contributed by atoms with Crippen LogP contribution < -0.4 is 5.32 Å². The molecule has 2 heterocycles. The maximum Gasteiger partial charge on any atom is 0.260 e. The van der Waals surface area contributed by atoms with Crippen LogP contribution in [-0.2, 0) is 7.05 Å². The van der Waals surface area contributed by atoms with E-state index in [-0.39, 0.29) is 11.7 Å². The molecule has 0 spiro atoms. The minimum Gasteiger partial charge on any atom is -0.472 e. The first-order chi connectivity index (χ1) is 7.70. The maximum atomic E-state index is 11.6. The second-order valence-corrected chi connectivity index (χ2v) is 3.14. The van der Waals surface area contributed by atoms with Crippen molar-refractivity contribution >= 4 is 11.7 Å². The van der Waals surface area contributed by atoms with E-state index >= 15 is 0 Å². The summed E-state index contributed by atoms with van der Waals surface area (Å²) in [6.45, 7) is 0. The minimum absolute atomic E-state index is 0.246. The van der Waals surface area contributed by atoms with E-state index in [4.69, 9.17) is 9.68 Å². The molecule has 1 amide bonds. The van der Waals surface area contributed by atoms with Crippen LogP contribution in [0.1, 0.15) is 15.9 Å². The van der Waals surface area contributed by atoms with Crippen LogP contribution in [0.2, 0.25) is 0 Å². The van der Waals surface area contributed by atoms with Gasteiger partial charge in [-0.25, -0.2) is 0 Å². The van der Waals surface area contributed by atoms with E-state index in [0.717, 1.165) is 0 Å². The standard InChI is InChI=1S/C10H8N4O2/c1-14-5-8(4-11)9(13-14)12-10(15)7-2-3-16-6-7/h2-3,5-6H,1H3,(H,12,13,15). The van der Waals surface area contributed by atoms with Gasteiger partial charge in [-0.3, -0.25) is 9.48 Å². The molecule has 0 atom stereocenters. The summed E-state index contributed by atoms with van der Waals surface area (Å²) >= 11 is 0. The molecule has 6 nitrogen and oxygen atoms in total. The van der Waals surface area contributed by atoms with Crippen LogP contribution in [-0.4, -0.2) is 15.7 Å². The Hall–Kier alpha value is -2.55. The van der Waals surface area contributed by atoms with Crippen LogP contribution in [0.3, 0.4) is 0 Å². The average Bonchev–Trinajstić information content (AvgIpc) is 2.87. The Labute approximate surface area is 91.1 Å². The number of furan rings is 1. The molecule has 0 aliphatic rings. The first kappa shape index (κ1) is 9.98. The Morgan fingerprint density at radius 1 is 1.69 bits per heavy atom. The molecule has 0 saturated heterocycles. The van der Waals surface area contributed by atoms with Crippen molar-refractivity contribution < 1.29 is 9.21 Å². The molecule has 2 aromatic heterocycles. The third kappa shape index (κ3) is 1.79. The predicted octanol–water partition coefficient (Wildman–Crippen LogP) is 1.14. The van der Waals surface area contributed by atoms with Gasteiger partial charge in [-0.1, -0.05) is 0 Å². The van der Waals surface area contributed by atoms with Crippen molar-refractivity contribution in [1.29, 1.82) is 5.26 Å². The number of carbonyl (C=O) groups excluding carboxylic acids is 1. The summed E-state index contributed by atoms with van der Waals surface area (Å²) in [5, 5.41) is 15.3. The third-order valence-electron chi connectivity index (χ3n) is 1.96. The van der Waals surface area contributed by atoms with Crippen LogP contribution in [0.4, 0.5) is 5.82 Å². The van der Waals surface area contributed by atoms with Crippen molar-refractivity contribution in [3.63, 3.8) is 0 Å². The monoisotopic (exact) mass is 216 g/mol. The second-order valence-electron chi connectivity index (χ2n) is 3.14. The lowest BCUT2D eigenvalue weighted by atomic mass is 10.3. The van der Waals surface area contributed by atoms with Crippen molar-refractivity contribution in [3.05, 3.63) is 35.9 Å². The van der Waals surface area contributed by atoms with E-state index in [0.29, 0.717) is 11.1 Å². The molecule has 80 valence electrons. The number of amides is 1. The van der Waals surface area contributed by atoms with Gasteiger partial charge in [-0.15, -0.1) is 0 Å². The lowest BCUT2D eigenvalue weighted by Gasteiger charge is -1.98. The molecule has 1 N–H and O–H groups in total. The molecular weight excluding hydrogens is 208 g/mol. The summed E-state index contributed by atoms with van der Waals surface area (Å²) in [6, 6.07) is 3.48. The zero-order valence-electron chi connectivity index (χ0n) is 8.47. The summed E-state index contributed by atoms with van der Waals surface area (Å²) in [5.41, 5.74) is 0.703. The fourth-order valence-corrected chi connectivity index (χ4v) is 1.24. The summed E-state index contributed by atoms with van der Waals surface area (Å²) in [5.74, 6) is -0.111. The highest BCUT2D eigenvalue weighted by atomic mass is 16.3. The van der Waals surface area contributed by atoms with Gasteiger partial charge in [0.25, 0.3) is 5.91 Å². The molecule has 2 rings (SSSR count). The smallest absolute Gasteiger partial charge is 0.260 e. The maximum absolute atomic E-state index is 11.6. The number of hydrogen-bond donors (Lipinski definition) is 1. The van der Waals surface area contributed by atoms with E-state index in [1.165, 1.54) is 29.5 Å². The molecule has 16 heavy (non-hydrogen) atoms. The molecular formula is C10H8N4O2. The Morgan fingerprint density at radius 2 is 2.50 bits per heavy atom. The van der Waals surface area contributed by atoms with Gasteiger partial charge in [0, 0.05) is 13.2 Å². The van der Waals surface area contributed by atoms with Crippen molar-refractivity contribution in [2.45, 2.75) is 0 Å². The van der Waals surface area contributed by atoms with Gasteiger partial charge in [0.1, 0.15) is 17.9 Å². The predicted molar refractivity (Wildman–Crippen MR) is 54.6 cm³/mol. The van der Waals surface area contributed by atoms with Crippen molar-refractivity contribution in [3.8, 4) is 6.07 Å². The first-order valence-electron chi connectivity index (χ1n) is 4.48. The number of rotatable bonds is 2. The number of hydrogen-bond acceptors (Lipinski definition) is 4. The molecule has 0 aromatic carbocycles. The quantitative estimate of drug-likeness (QED) is 0.815. The van der Waals surface area contributed by atoms with Crippen molar-refractivity contribution in [1.82, 2.24) is 9.78 Å². The van der Waals surface area contributed by atoms with Crippen molar-refractivity contribution in [2.24, 2.45) is 7.05 Å². The van der Waals surface area contributed by atoms with E-state index in [1.54, 1.807) is 7.05 Å². The number of nitrogens with one attached hydrogen (secondary N) is 1. The van der Waals surface area contributed by atoms with Crippen LogP contribution >= 0.6 is 0 Å². The minimum atomic E-state index is -0.357. The highest BCUT2D eigenvalue weighted by Gasteiger charge is 2.12. The zero-order valence-corrected chi connectivity index (χ0v) is 8.47. The van der Waals surface area contributed by atoms with Crippen LogP contribution in [0.15, 0.2) is 29.2 Å². The summed E-state index contributed by atoms with van der Waals surface area (Å²) < 4.78 is 6.25. The molecule has 0 aliphatic carbocycles. The van der Waals surface area contributed by atoms with Crippen LogP contribution in [0.25, 0.3) is 0 Å². The molecule has 6 heteroatoms. The number of nitriles is 1. The highest BCUT2D eigenvalue weighted by Crippen LogP contribution is 2.12. The summed E-state index contributed by atoms with van der Waals surface area (Å²) in [4.78, 5) is 11.6. The van der Waals surface area contributed by atoms with Gasteiger partial charge in [0.2, 0.25) is 0 Å². The number of anilines is 1. The number of aromatic nitrogens is 2. The lowest BCUT2D eigenvalue weighted by Crippen LogP contribution is -2.12. The Morgan fingerprint density at radius 3 is 3.12 bits per heavy atom. The Balaban J connectivity index is 2.22. The van der Waals surface area contributed by atoms with E-state index < -0.39 is 0 Å². The van der Waals surface area contributed by atoms with Gasteiger partial charge in [0.05, 0.1) is 11.8 Å². The van der Waals surface area contributed by atoms with E-state index in [9.17, 15) is 4.79 Å². The number of aryl methyl sites for hydroxylation is 1. The Kier molecular flexibility index (Phi) is 2.44. The third-order valence-corrected chi connectivity index (χ3v) is 1.96. The molecule has 0 radical (unpaired) electrons. The van der Waals surface area contributed by atoms with Gasteiger partial charge < -0.3 is 9.73 Å². The molecule has 0 fully saturated rings. The fraction of sp³-hybridized carbons (Fsp3) is 0.100. The molecule has 2 aromatic rings. The molecule has 0 saturated carbocycles. The largest absolute Gasteiger partial charge is 0.472 e. The van der Waals surface area contributed by atoms with Gasteiger partial charge in [-0.05, 0) is 6.07 Å². The molecule has 0 bridgehead atoms. The highest BCUT2D eigenvalue weighted by molar-refractivity contribution is 6.04. The Bertz CT molecular complexity index is 548. The average molecular weight is 216 g/mol. The second kappa shape index (κ2) is 3.90. The number of nitrogens with zero attached hydrogens (tertiary/aromatic N) is 3. The molecule has 0 unspecified atom stereocenters.